The molecule has 0 saturated heterocycles. The van der Waals surface area contributed by atoms with Gasteiger partial charge >= 0.3 is 0 Å². The van der Waals surface area contributed by atoms with Crippen LogP contribution in [0.2, 0.25) is 0 Å². The summed E-state index contributed by atoms with van der Waals surface area (Å²) in [5.74, 6) is -0.483. The molecule has 0 unspecified atom stereocenters. The van der Waals surface area contributed by atoms with Gasteiger partial charge in [0.15, 0.2) is 11.6 Å². The van der Waals surface area contributed by atoms with Gasteiger partial charge in [-0.1, -0.05) is 12.1 Å². The van der Waals surface area contributed by atoms with Crippen molar-refractivity contribution < 1.29 is 22.7 Å². The quantitative estimate of drug-likeness (QED) is 0.636. The highest BCUT2D eigenvalue weighted by Crippen LogP contribution is 2.20. The normalized spacial score (nSPS) is 12.2. The fraction of sp³-hybridized carbons (Fsp3) is 0.500. The largest absolute Gasteiger partial charge is 0.488 e. The lowest BCUT2D eigenvalue weighted by molar-refractivity contribution is 0.0271. The van der Waals surface area contributed by atoms with Crippen molar-refractivity contribution in [1.29, 1.82) is 0 Å². The van der Waals surface area contributed by atoms with E-state index in [0.29, 0.717) is 12.8 Å². The summed E-state index contributed by atoms with van der Waals surface area (Å²) >= 11 is 0. The summed E-state index contributed by atoms with van der Waals surface area (Å²) in [6.07, 6.45) is 2.35. The van der Waals surface area contributed by atoms with E-state index < -0.39 is 21.4 Å². The monoisotopic (exact) mass is 345 g/mol. The average molecular weight is 345 g/mol. The Balaban J connectivity index is 2.59. The van der Waals surface area contributed by atoms with E-state index in [1.165, 1.54) is 12.1 Å². The Morgan fingerprint density at radius 2 is 2.13 bits per heavy atom. The topological polar surface area (TPSA) is 75.6 Å². The summed E-state index contributed by atoms with van der Waals surface area (Å²) in [5, 5.41) is 9.61. The van der Waals surface area contributed by atoms with Gasteiger partial charge in [-0.2, -0.15) is 0 Å². The molecule has 0 radical (unpaired) electrons. The van der Waals surface area contributed by atoms with Crippen LogP contribution >= 0.6 is 0 Å². The van der Waals surface area contributed by atoms with Crippen molar-refractivity contribution in [1.82, 2.24) is 4.72 Å². The molecule has 0 saturated carbocycles. The number of rotatable bonds is 10. The van der Waals surface area contributed by atoms with Crippen molar-refractivity contribution in [2.24, 2.45) is 0 Å². The Kier molecular flexibility index (Phi) is 7.18. The van der Waals surface area contributed by atoms with Crippen molar-refractivity contribution in [2.75, 3.05) is 18.9 Å². The lowest BCUT2D eigenvalue weighted by Gasteiger charge is -2.18. The van der Waals surface area contributed by atoms with E-state index in [4.69, 9.17) is 4.74 Å². The first-order valence-electron chi connectivity index (χ1n) is 7.35. The van der Waals surface area contributed by atoms with Crippen molar-refractivity contribution in [3.8, 4) is 5.75 Å². The summed E-state index contributed by atoms with van der Waals surface area (Å²) < 4.78 is 44.7. The zero-order valence-corrected chi connectivity index (χ0v) is 14.3. The minimum atomic E-state index is -3.32. The van der Waals surface area contributed by atoms with E-state index in [1.54, 1.807) is 26.0 Å². The van der Waals surface area contributed by atoms with E-state index in [2.05, 4.69) is 11.3 Å². The number of nitrogens with one attached hydrogen (secondary N) is 1. The van der Waals surface area contributed by atoms with Gasteiger partial charge in [-0.25, -0.2) is 17.5 Å². The maximum atomic E-state index is 13.7. The molecule has 0 aliphatic carbocycles. The molecule has 0 fully saturated rings. The van der Waals surface area contributed by atoms with Crippen molar-refractivity contribution in [3.05, 3.63) is 42.2 Å². The maximum absolute atomic E-state index is 13.7. The predicted molar refractivity (Wildman–Crippen MR) is 88.5 cm³/mol. The highest BCUT2D eigenvalue weighted by Gasteiger charge is 2.15. The zero-order valence-electron chi connectivity index (χ0n) is 13.5. The van der Waals surface area contributed by atoms with Crippen LogP contribution in [0.3, 0.4) is 0 Å². The van der Waals surface area contributed by atoms with E-state index in [-0.39, 0.29) is 24.7 Å². The average Bonchev–Trinajstić information content (AvgIpc) is 2.44. The van der Waals surface area contributed by atoms with Crippen molar-refractivity contribution >= 4 is 10.0 Å². The van der Waals surface area contributed by atoms with Gasteiger partial charge in [0.05, 0.1) is 11.4 Å². The third kappa shape index (κ3) is 8.11. The van der Waals surface area contributed by atoms with Gasteiger partial charge in [0.1, 0.15) is 6.61 Å². The summed E-state index contributed by atoms with van der Waals surface area (Å²) in [6.45, 7) is 6.79. The molecule has 2 N–H and O–H groups in total. The maximum Gasteiger partial charge on any atom is 0.211 e. The SMILES string of the molecule is C=CCCS(=O)(=O)NCCc1ccc(F)c(OCC(C)(C)O)c1. The molecule has 0 heterocycles. The standard InChI is InChI=1S/C16H24FNO4S/c1-4-5-10-23(20,21)18-9-8-13-6-7-14(17)15(11-13)22-12-16(2,3)19/h4,6-7,11,18-19H,1,5,8-10,12H2,2-3H3. The van der Waals surface area contributed by atoms with Crippen LogP contribution in [0.4, 0.5) is 4.39 Å². The Bertz CT molecular complexity index is 623. The zero-order chi connectivity index (χ0) is 17.5. The minimum Gasteiger partial charge on any atom is -0.488 e. The smallest absolute Gasteiger partial charge is 0.211 e. The third-order valence-corrected chi connectivity index (χ3v) is 4.32. The van der Waals surface area contributed by atoms with Crippen LogP contribution in [0.1, 0.15) is 25.8 Å². The van der Waals surface area contributed by atoms with Crippen molar-refractivity contribution in [3.63, 3.8) is 0 Å². The molecule has 0 amide bonds. The highest BCUT2D eigenvalue weighted by molar-refractivity contribution is 7.89. The number of sulfonamides is 1. The summed E-state index contributed by atoms with van der Waals surface area (Å²) in [7, 11) is -3.32. The molecule has 0 bridgehead atoms. The summed E-state index contributed by atoms with van der Waals surface area (Å²) in [5.41, 5.74) is -0.327. The molecule has 0 aliphatic rings. The molecule has 0 atom stereocenters. The first-order valence-corrected chi connectivity index (χ1v) is 9.00. The van der Waals surface area contributed by atoms with Crippen LogP contribution in [0.5, 0.6) is 5.75 Å². The first-order chi connectivity index (χ1) is 10.6. The molecule has 23 heavy (non-hydrogen) atoms. The fourth-order valence-electron chi connectivity index (χ4n) is 1.73. The molecule has 1 rings (SSSR count). The van der Waals surface area contributed by atoms with Crippen LogP contribution in [-0.4, -0.2) is 38.0 Å². The number of benzene rings is 1. The van der Waals surface area contributed by atoms with Gasteiger partial charge in [0.25, 0.3) is 0 Å². The molecule has 130 valence electrons. The molecule has 0 aliphatic heterocycles. The summed E-state index contributed by atoms with van der Waals surface area (Å²) in [6, 6.07) is 4.35. The number of ether oxygens (including phenoxy) is 1. The van der Waals surface area contributed by atoms with Crippen LogP contribution < -0.4 is 9.46 Å². The molecule has 0 aromatic heterocycles. The number of allylic oxidation sites excluding steroid dienone is 1. The lowest BCUT2D eigenvalue weighted by Crippen LogP contribution is -2.28. The van der Waals surface area contributed by atoms with Gasteiger partial charge < -0.3 is 9.84 Å². The van der Waals surface area contributed by atoms with Gasteiger partial charge in [-0.3, -0.25) is 0 Å². The van der Waals surface area contributed by atoms with Gasteiger partial charge in [0.2, 0.25) is 10.0 Å². The molecule has 0 spiro atoms. The number of aliphatic hydroxyl groups is 1. The Labute approximate surface area is 137 Å². The summed E-state index contributed by atoms with van der Waals surface area (Å²) in [4.78, 5) is 0. The number of hydrogen-bond acceptors (Lipinski definition) is 4. The number of hydrogen-bond donors (Lipinski definition) is 2. The van der Waals surface area contributed by atoms with Gasteiger partial charge in [-0.15, -0.1) is 6.58 Å². The van der Waals surface area contributed by atoms with E-state index in [9.17, 15) is 17.9 Å². The Morgan fingerprint density at radius 1 is 1.43 bits per heavy atom. The third-order valence-electron chi connectivity index (χ3n) is 2.90. The first kappa shape index (κ1) is 19.6. The van der Waals surface area contributed by atoms with E-state index in [0.717, 1.165) is 5.56 Å². The lowest BCUT2D eigenvalue weighted by atomic mass is 10.1. The van der Waals surface area contributed by atoms with Crippen LogP contribution in [-0.2, 0) is 16.4 Å². The second-order valence-electron chi connectivity index (χ2n) is 5.91. The van der Waals surface area contributed by atoms with Crippen molar-refractivity contribution in [2.45, 2.75) is 32.3 Å². The second kappa shape index (κ2) is 8.42. The predicted octanol–water partition coefficient (Wildman–Crippen LogP) is 2.01. The van der Waals surface area contributed by atoms with E-state index >= 15 is 0 Å². The van der Waals surface area contributed by atoms with Crippen LogP contribution in [0, 0.1) is 5.82 Å². The molecule has 7 heteroatoms. The van der Waals surface area contributed by atoms with Crippen LogP contribution in [0.25, 0.3) is 0 Å². The second-order valence-corrected chi connectivity index (χ2v) is 7.83. The highest BCUT2D eigenvalue weighted by atomic mass is 32.2. The minimum absolute atomic E-state index is 0.000137. The molecular formula is C16H24FNO4S. The number of halogens is 1. The fourth-order valence-corrected chi connectivity index (χ4v) is 2.76. The Morgan fingerprint density at radius 3 is 2.74 bits per heavy atom. The molecule has 1 aromatic rings. The van der Waals surface area contributed by atoms with Crippen LogP contribution in [0.15, 0.2) is 30.9 Å². The van der Waals surface area contributed by atoms with Gasteiger partial charge in [-0.05, 0) is 44.4 Å². The molecule has 5 nitrogen and oxygen atoms in total. The molecule has 1 aromatic carbocycles. The van der Waals surface area contributed by atoms with E-state index in [1.807, 2.05) is 0 Å². The Hall–Kier alpha value is -1.44. The molecular weight excluding hydrogens is 321 g/mol. The van der Waals surface area contributed by atoms with Gasteiger partial charge in [0, 0.05) is 6.54 Å².